The Hall–Kier alpha value is -1.87. The minimum Gasteiger partial charge on any atom is -0.337 e. The van der Waals surface area contributed by atoms with Gasteiger partial charge in [-0.1, -0.05) is 42.5 Å². The van der Waals surface area contributed by atoms with Crippen LogP contribution in [0.15, 0.2) is 54.6 Å². The van der Waals surface area contributed by atoms with Crippen molar-refractivity contribution in [3.63, 3.8) is 0 Å². The highest BCUT2D eigenvalue weighted by atomic mass is 35.5. The van der Waals surface area contributed by atoms with E-state index in [2.05, 4.69) is 0 Å². The van der Waals surface area contributed by atoms with Crippen molar-refractivity contribution in [1.29, 1.82) is 0 Å². The zero-order valence-corrected chi connectivity index (χ0v) is 12.4. The Balaban J connectivity index is 2.05. The largest absolute Gasteiger partial charge is 0.337 e. The van der Waals surface area contributed by atoms with Crippen LogP contribution in [-0.4, -0.2) is 23.2 Å². The van der Waals surface area contributed by atoms with Crippen LogP contribution in [0, 0.1) is 5.82 Å². The van der Waals surface area contributed by atoms with E-state index in [-0.39, 0.29) is 18.1 Å². The summed E-state index contributed by atoms with van der Waals surface area (Å²) in [5, 5.41) is 0. The van der Waals surface area contributed by atoms with E-state index in [0.29, 0.717) is 24.5 Å². The Morgan fingerprint density at radius 2 is 1.76 bits per heavy atom. The maximum atomic E-state index is 13.2. The first-order chi connectivity index (χ1) is 10.2. The van der Waals surface area contributed by atoms with Gasteiger partial charge in [0.1, 0.15) is 5.82 Å². The van der Waals surface area contributed by atoms with E-state index in [1.165, 1.54) is 12.1 Å². The fourth-order valence-electron chi connectivity index (χ4n) is 2.13. The van der Waals surface area contributed by atoms with Crippen molar-refractivity contribution in [2.75, 3.05) is 12.4 Å². The molecule has 0 saturated heterocycles. The molecule has 2 aromatic rings. The summed E-state index contributed by atoms with van der Waals surface area (Å²) in [6.07, 6.45) is 0.182. The topological polar surface area (TPSA) is 20.3 Å². The van der Waals surface area contributed by atoms with E-state index in [0.717, 1.165) is 5.56 Å². The average molecular weight is 306 g/mol. The maximum absolute atomic E-state index is 13.2. The van der Waals surface area contributed by atoms with Gasteiger partial charge in [-0.15, -0.1) is 11.6 Å². The molecule has 0 aromatic heterocycles. The molecular weight excluding hydrogens is 289 g/mol. The summed E-state index contributed by atoms with van der Waals surface area (Å²) >= 11 is 5.78. The number of carbonyl (C=O) groups excluding carboxylic acids is 1. The SMILES string of the molecule is O=C(Cc1cccc(F)c1)N(CCCl)Cc1ccccc1. The molecule has 4 heteroatoms. The second-order valence-electron chi connectivity index (χ2n) is 4.80. The normalized spacial score (nSPS) is 10.4. The molecule has 0 spiro atoms. The molecule has 0 unspecified atom stereocenters. The van der Waals surface area contributed by atoms with Gasteiger partial charge < -0.3 is 4.90 Å². The summed E-state index contributed by atoms with van der Waals surface area (Å²) in [6, 6.07) is 15.9. The molecule has 0 heterocycles. The molecule has 110 valence electrons. The lowest BCUT2D eigenvalue weighted by molar-refractivity contribution is -0.130. The Kier molecular flexibility index (Phi) is 5.76. The highest BCUT2D eigenvalue weighted by Crippen LogP contribution is 2.10. The van der Waals surface area contributed by atoms with Crippen molar-refractivity contribution in [3.05, 3.63) is 71.5 Å². The van der Waals surface area contributed by atoms with Crippen molar-refractivity contribution in [3.8, 4) is 0 Å². The zero-order chi connectivity index (χ0) is 15.1. The lowest BCUT2D eigenvalue weighted by atomic mass is 10.1. The molecule has 0 aliphatic heterocycles. The summed E-state index contributed by atoms with van der Waals surface area (Å²) in [7, 11) is 0. The number of benzene rings is 2. The quantitative estimate of drug-likeness (QED) is 0.746. The van der Waals surface area contributed by atoms with Crippen LogP contribution in [0.1, 0.15) is 11.1 Å². The third kappa shape index (κ3) is 4.87. The molecule has 0 radical (unpaired) electrons. The second-order valence-corrected chi connectivity index (χ2v) is 5.17. The van der Waals surface area contributed by atoms with E-state index < -0.39 is 0 Å². The van der Waals surface area contributed by atoms with E-state index in [4.69, 9.17) is 11.6 Å². The maximum Gasteiger partial charge on any atom is 0.227 e. The predicted molar refractivity (Wildman–Crippen MR) is 82.7 cm³/mol. The number of halogens is 2. The number of amides is 1. The van der Waals surface area contributed by atoms with Crippen molar-refractivity contribution in [2.24, 2.45) is 0 Å². The van der Waals surface area contributed by atoms with Crippen LogP contribution in [0.2, 0.25) is 0 Å². The van der Waals surface area contributed by atoms with Gasteiger partial charge in [-0.3, -0.25) is 4.79 Å². The van der Waals surface area contributed by atoms with Gasteiger partial charge in [0, 0.05) is 19.0 Å². The molecule has 2 rings (SSSR count). The van der Waals surface area contributed by atoms with Gasteiger partial charge in [-0.2, -0.15) is 0 Å². The standard InChI is InChI=1S/C17H17ClFNO/c18-9-10-20(13-14-5-2-1-3-6-14)17(21)12-15-7-4-8-16(19)11-15/h1-8,11H,9-10,12-13H2. The average Bonchev–Trinajstić information content (AvgIpc) is 2.48. The van der Waals surface area contributed by atoms with Gasteiger partial charge >= 0.3 is 0 Å². The second kappa shape index (κ2) is 7.79. The fourth-order valence-corrected chi connectivity index (χ4v) is 2.34. The highest BCUT2D eigenvalue weighted by molar-refractivity contribution is 6.18. The predicted octanol–water partition coefficient (Wildman–Crippen LogP) is 3.64. The lowest BCUT2D eigenvalue weighted by Crippen LogP contribution is -2.33. The van der Waals surface area contributed by atoms with E-state index in [9.17, 15) is 9.18 Å². The van der Waals surface area contributed by atoms with Crippen molar-refractivity contribution < 1.29 is 9.18 Å². The van der Waals surface area contributed by atoms with Gasteiger partial charge in [-0.05, 0) is 23.3 Å². The van der Waals surface area contributed by atoms with Gasteiger partial charge in [-0.25, -0.2) is 4.39 Å². The van der Waals surface area contributed by atoms with Crippen LogP contribution in [0.5, 0.6) is 0 Å². The van der Waals surface area contributed by atoms with Gasteiger partial charge in [0.15, 0.2) is 0 Å². The Bertz CT molecular complexity index is 588. The molecule has 0 aliphatic rings. The molecule has 2 nitrogen and oxygen atoms in total. The van der Waals surface area contributed by atoms with Crippen molar-refractivity contribution in [2.45, 2.75) is 13.0 Å². The first kappa shape index (κ1) is 15.5. The van der Waals surface area contributed by atoms with Crippen LogP contribution in [0.4, 0.5) is 4.39 Å². The van der Waals surface area contributed by atoms with Gasteiger partial charge in [0.25, 0.3) is 0 Å². The number of alkyl halides is 1. The van der Waals surface area contributed by atoms with E-state index >= 15 is 0 Å². The van der Waals surface area contributed by atoms with Crippen LogP contribution >= 0.6 is 11.6 Å². The number of carbonyl (C=O) groups is 1. The first-order valence-electron chi connectivity index (χ1n) is 6.81. The molecule has 1 amide bonds. The van der Waals surface area contributed by atoms with Gasteiger partial charge in [0.05, 0.1) is 6.42 Å². The number of nitrogens with zero attached hydrogens (tertiary/aromatic N) is 1. The van der Waals surface area contributed by atoms with E-state index in [1.807, 2.05) is 30.3 Å². The fraction of sp³-hybridized carbons (Fsp3) is 0.235. The molecule has 0 atom stereocenters. The number of rotatable bonds is 6. The Labute approximate surface area is 129 Å². The smallest absolute Gasteiger partial charge is 0.227 e. The monoisotopic (exact) mass is 305 g/mol. The molecule has 2 aromatic carbocycles. The highest BCUT2D eigenvalue weighted by Gasteiger charge is 2.14. The summed E-state index contributed by atoms with van der Waals surface area (Å²) in [4.78, 5) is 14.1. The van der Waals surface area contributed by atoms with Crippen molar-refractivity contribution in [1.82, 2.24) is 4.90 Å². The third-order valence-electron chi connectivity index (χ3n) is 3.17. The third-order valence-corrected chi connectivity index (χ3v) is 3.34. The molecule has 0 bridgehead atoms. The molecular formula is C17H17ClFNO. The number of hydrogen-bond acceptors (Lipinski definition) is 1. The molecule has 0 fully saturated rings. The summed E-state index contributed by atoms with van der Waals surface area (Å²) in [5.41, 5.74) is 1.72. The van der Waals surface area contributed by atoms with E-state index in [1.54, 1.807) is 17.0 Å². The minimum absolute atomic E-state index is 0.0508. The lowest BCUT2D eigenvalue weighted by Gasteiger charge is -2.22. The summed E-state index contributed by atoms with van der Waals surface area (Å²) < 4.78 is 13.2. The number of hydrogen-bond donors (Lipinski definition) is 0. The van der Waals surface area contributed by atoms with Crippen LogP contribution < -0.4 is 0 Å². The minimum atomic E-state index is -0.327. The summed E-state index contributed by atoms with van der Waals surface area (Å²) in [5.74, 6) is -0.000738. The molecule has 0 aliphatic carbocycles. The first-order valence-corrected chi connectivity index (χ1v) is 7.34. The molecule has 0 saturated carbocycles. The Morgan fingerprint density at radius 1 is 1.05 bits per heavy atom. The zero-order valence-electron chi connectivity index (χ0n) is 11.6. The van der Waals surface area contributed by atoms with Gasteiger partial charge in [0.2, 0.25) is 5.91 Å². The molecule has 21 heavy (non-hydrogen) atoms. The molecule has 0 N–H and O–H groups in total. The summed E-state index contributed by atoms with van der Waals surface area (Å²) in [6.45, 7) is 0.992. The van der Waals surface area contributed by atoms with Crippen LogP contribution in [0.25, 0.3) is 0 Å². The van der Waals surface area contributed by atoms with Crippen LogP contribution in [-0.2, 0) is 17.8 Å². The van der Waals surface area contributed by atoms with Crippen molar-refractivity contribution >= 4 is 17.5 Å². The van der Waals surface area contributed by atoms with Crippen LogP contribution in [0.3, 0.4) is 0 Å². The Morgan fingerprint density at radius 3 is 2.43 bits per heavy atom.